The highest BCUT2D eigenvalue weighted by Crippen LogP contribution is 2.19. The van der Waals surface area contributed by atoms with E-state index < -0.39 is 16.4 Å². The second-order valence-corrected chi connectivity index (χ2v) is 3.60. The first-order chi connectivity index (χ1) is 7.58. The quantitative estimate of drug-likeness (QED) is 0.566. The number of amides is 1. The lowest BCUT2D eigenvalue weighted by Gasteiger charge is -2.30. The topological polar surface area (TPSA) is 63.4 Å². The van der Waals surface area contributed by atoms with Crippen molar-refractivity contribution in [3.05, 3.63) is 39.7 Å². The van der Waals surface area contributed by atoms with Gasteiger partial charge >= 0.3 is 0 Å². The van der Waals surface area contributed by atoms with Gasteiger partial charge in [-0.3, -0.25) is 14.9 Å². The molecule has 0 bridgehead atoms. The van der Waals surface area contributed by atoms with Crippen LogP contribution in [0.3, 0.4) is 0 Å². The first-order valence-electron chi connectivity index (χ1n) is 4.82. The second kappa shape index (κ2) is 3.88. The molecule has 0 spiro atoms. The zero-order valence-corrected chi connectivity index (χ0v) is 8.35. The van der Waals surface area contributed by atoms with Gasteiger partial charge in [0.25, 0.3) is 11.6 Å². The Labute approximate surface area is 90.6 Å². The molecule has 0 saturated carbocycles. The average Bonchev–Trinajstić information content (AvgIpc) is 2.13. The molecule has 5 nitrogen and oxygen atoms in total. The molecule has 1 heterocycles. The van der Waals surface area contributed by atoms with Gasteiger partial charge in [-0.25, -0.2) is 4.39 Å². The molecule has 0 N–H and O–H groups in total. The molecule has 1 aliphatic rings. The van der Waals surface area contributed by atoms with Crippen LogP contribution in [-0.2, 0) is 0 Å². The number of hydrogen-bond acceptors (Lipinski definition) is 3. The van der Waals surface area contributed by atoms with Crippen molar-refractivity contribution in [1.29, 1.82) is 0 Å². The van der Waals surface area contributed by atoms with E-state index in [4.69, 9.17) is 0 Å². The molecule has 1 fully saturated rings. The van der Waals surface area contributed by atoms with E-state index in [1.54, 1.807) is 0 Å². The van der Waals surface area contributed by atoms with Gasteiger partial charge in [0.15, 0.2) is 0 Å². The molecule has 16 heavy (non-hydrogen) atoms. The number of nitro groups is 1. The summed E-state index contributed by atoms with van der Waals surface area (Å²) in [7, 11) is 0. The third-order valence-electron chi connectivity index (χ3n) is 2.48. The number of hydrogen-bond donors (Lipinski definition) is 0. The standard InChI is InChI=1S/C10H9FN2O3/c11-8-4-7(5-9(6-8)13(15)16)10(14)12-2-1-3-12/h4-6H,1-3H2. The zero-order valence-electron chi connectivity index (χ0n) is 8.35. The molecule has 1 aliphatic heterocycles. The number of rotatable bonds is 2. The molecule has 6 heteroatoms. The van der Waals surface area contributed by atoms with E-state index in [-0.39, 0.29) is 11.5 Å². The van der Waals surface area contributed by atoms with Gasteiger partial charge in [0.2, 0.25) is 0 Å². The number of carbonyl (C=O) groups is 1. The van der Waals surface area contributed by atoms with Crippen LogP contribution < -0.4 is 0 Å². The highest BCUT2D eigenvalue weighted by molar-refractivity contribution is 5.95. The summed E-state index contributed by atoms with van der Waals surface area (Å²) in [6.07, 6.45) is 0.920. The number of halogens is 1. The average molecular weight is 224 g/mol. The van der Waals surface area contributed by atoms with Crippen LogP contribution in [0.15, 0.2) is 18.2 Å². The molecule has 0 aromatic heterocycles. The van der Waals surface area contributed by atoms with Crippen molar-refractivity contribution in [1.82, 2.24) is 4.90 Å². The Bertz CT molecular complexity index is 457. The van der Waals surface area contributed by atoms with E-state index in [9.17, 15) is 19.3 Å². The van der Waals surface area contributed by atoms with Crippen molar-refractivity contribution in [2.75, 3.05) is 13.1 Å². The van der Waals surface area contributed by atoms with Gasteiger partial charge in [-0.15, -0.1) is 0 Å². The Kier molecular flexibility index (Phi) is 2.55. The maximum atomic E-state index is 13.1. The predicted octanol–water partition coefficient (Wildman–Crippen LogP) is 1.58. The monoisotopic (exact) mass is 224 g/mol. The summed E-state index contributed by atoms with van der Waals surface area (Å²) in [5.41, 5.74) is -0.365. The first kappa shape index (κ1) is 10.5. The molecule has 1 aromatic carbocycles. The van der Waals surface area contributed by atoms with Crippen LogP contribution in [-0.4, -0.2) is 28.8 Å². The Balaban J connectivity index is 2.32. The SMILES string of the molecule is O=C(c1cc(F)cc([N+](=O)[O-])c1)N1CCC1. The molecule has 0 radical (unpaired) electrons. The minimum absolute atomic E-state index is 0.0337. The summed E-state index contributed by atoms with van der Waals surface area (Å²) in [4.78, 5) is 23.0. The van der Waals surface area contributed by atoms with Crippen molar-refractivity contribution < 1.29 is 14.1 Å². The fraction of sp³-hybridized carbons (Fsp3) is 0.300. The summed E-state index contributed by atoms with van der Waals surface area (Å²) in [5.74, 6) is -1.12. The van der Waals surface area contributed by atoms with Crippen molar-refractivity contribution in [2.24, 2.45) is 0 Å². The predicted molar refractivity (Wildman–Crippen MR) is 53.6 cm³/mol. The van der Waals surface area contributed by atoms with E-state index >= 15 is 0 Å². The number of benzene rings is 1. The number of nitrogens with zero attached hydrogens (tertiary/aromatic N) is 2. The summed E-state index contributed by atoms with van der Waals surface area (Å²) in [6, 6.07) is 2.92. The molecule has 0 aliphatic carbocycles. The van der Waals surface area contributed by atoms with Crippen LogP contribution in [0.25, 0.3) is 0 Å². The third kappa shape index (κ3) is 1.86. The van der Waals surface area contributed by atoms with Crippen LogP contribution in [0, 0.1) is 15.9 Å². The van der Waals surface area contributed by atoms with E-state index in [0.717, 1.165) is 24.6 Å². The highest BCUT2D eigenvalue weighted by Gasteiger charge is 2.23. The minimum Gasteiger partial charge on any atom is -0.339 e. The minimum atomic E-state index is -0.766. The van der Waals surface area contributed by atoms with Crippen LogP contribution in [0.5, 0.6) is 0 Å². The van der Waals surface area contributed by atoms with Gasteiger partial charge in [0.1, 0.15) is 5.82 Å². The smallest absolute Gasteiger partial charge is 0.273 e. The zero-order chi connectivity index (χ0) is 11.7. The molecule has 1 amide bonds. The number of likely N-dealkylation sites (tertiary alicyclic amines) is 1. The summed E-state index contributed by atoms with van der Waals surface area (Å²) >= 11 is 0. The molecule has 0 atom stereocenters. The van der Waals surface area contributed by atoms with Crippen LogP contribution >= 0.6 is 0 Å². The Hall–Kier alpha value is -1.98. The van der Waals surface area contributed by atoms with E-state index in [1.807, 2.05) is 0 Å². The Morgan fingerprint density at radius 2 is 2.06 bits per heavy atom. The van der Waals surface area contributed by atoms with Crippen molar-refractivity contribution in [3.8, 4) is 0 Å². The third-order valence-corrected chi connectivity index (χ3v) is 2.48. The van der Waals surface area contributed by atoms with E-state index in [2.05, 4.69) is 0 Å². The molecule has 1 saturated heterocycles. The van der Waals surface area contributed by atoms with Crippen molar-refractivity contribution in [2.45, 2.75) is 6.42 Å². The Morgan fingerprint density at radius 3 is 2.56 bits per heavy atom. The summed E-state index contributed by atoms with van der Waals surface area (Å²) in [5, 5.41) is 10.5. The highest BCUT2D eigenvalue weighted by atomic mass is 19.1. The normalized spacial score (nSPS) is 14.4. The molecular formula is C10H9FN2O3. The van der Waals surface area contributed by atoms with Crippen LogP contribution in [0.1, 0.15) is 16.8 Å². The van der Waals surface area contributed by atoms with E-state index in [0.29, 0.717) is 13.1 Å². The van der Waals surface area contributed by atoms with Crippen molar-refractivity contribution >= 4 is 11.6 Å². The number of non-ortho nitro benzene ring substituents is 1. The molecule has 1 aromatic rings. The van der Waals surface area contributed by atoms with Gasteiger partial charge in [0.05, 0.1) is 11.0 Å². The molecule has 84 valence electrons. The summed E-state index contributed by atoms with van der Waals surface area (Å²) < 4.78 is 13.1. The maximum Gasteiger partial charge on any atom is 0.273 e. The van der Waals surface area contributed by atoms with Gasteiger partial charge < -0.3 is 4.90 Å². The first-order valence-corrected chi connectivity index (χ1v) is 4.82. The fourth-order valence-corrected chi connectivity index (χ4v) is 1.50. The lowest BCUT2D eigenvalue weighted by Crippen LogP contribution is -2.42. The van der Waals surface area contributed by atoms with E-state index in [1.165, 1.54) is 4.90 Å². The van der Waals surface area contributed by atoms with Gasteiger partial charge in [-0.1, -0.05) is 0 Å². The van der Waals surface area contributed by atoms with Crippen molar-refractivity contribution in [3.63, 3.8) is 0 Å². The number of carbonyl (C=O) groups excluding carboxylic acids is 1. The van der Waals surface area contributed by atoms with Gasteiger partial charge in [-0.05, 0) is 12.5 Å². The molecular weight excluding hydrogens is 215 g/mol. The summed E-state index contributed by atoms with van der Waals surface area (Å²) in [6.45, 7) is 1.26. The van der Waals surface area contributed by atoms with Crippen LogP contribution in [0.2, 0.25) is 0 Å². The fourth-order valence-electron chi connectivity index (χ4n) is 1.50. The number of nitro benzene ring substituents is 1. The molecule has 0 unspecified atom stereocenters. The lowest BCUT2D eigenvalue weighted by molar-refractivity contribution is -0.385. The second-order valence-electron chi connectivity index (χ2n) is 3.60. The lowest BCUT2D eigenvalue weighted by atomic mass is 10.1. The Morgan fingerprint density at radius 1 is 1.38 bits per heavy atom. The van der Waals surface area contributed by atoms with Gasteiger partial charge in [0, 0.05) is 24.7 Å². The van der Waals surface area contributed by atoms with Crippen LogP contribution in [0.4, 0.5) is 10.1 Å². The van der Waals surface area contributed by atoms with Gasteiger partial charge in [-0.2, -0.15) is 0 Å². The largest absolute Gasteiger partial charge is 0.339 e. The molecule has 2 rings (SSSR count). The maximum absolute atomic E-state index is 13.1.